The van der Waals surface area contributed by atoms with Crippen molar-refractivity contribution in [1.29, 1.82) is 0 Å². The van der Waals surface area contributed by atoms with Gasteiger partial charge in [-0.2, -0.15) is 0 Å². The van der Waals surface area contributed by atoms with Crippen molar-refractivity contribution in [3.8, 4) is 22.3 Å². The maximum atomic E-state index is 14.7. The number of amides is 1. The number of nitrogens with one attached hydrogen (secondary N) is 1. The Balaban J connectivity index is 1.90. The normalized spacial score (nSPS) is 13.5. The van der Waals surface area contributed by atoms with E-state index in [0.29, 0.717) is 27.9 Å². The van der Waals surface area contributed by atoms with Gasteiger partial charge in [-0.15, -0.1) is 0 Å². The SMILES string of the molecule is CC(C)n1c(CC[C@@H](O)C[C@@H](O)CC(=O)O)c(-c2ccc(F)cc2)c(-c2ccccc2)c1C(=O)N[C@H](Cc1ccccc1)C(=O)OC(C)(C)C. The summed E-state index contributed by atoms with van der Waals surface area (Å²) in [4.78, 5) is 39.4. The zero-order valence-electron chi connectivity index (χ0n) is 29.2. The van der Waals surface area contributed by atoms with Gasteiger partial charge in [0.15, 0.2) is 0 Å². The second kappa shape index (κ2) is 16.7. The summed E-state index contributed by atoms with van der Waals surface area (Å²) in [5, 5.41) is 33.1. The second-order valence-corrected chi connectivity index (χ2v) is 13.8. The summed E-state index contributed by atoms with van der Waals surface area (Å²) in [6, 6.07) is 23.3. The smallest absolute Gasteiger partial charge is 0.329 e. The molecule has 0 aliphatic rings. The Labute approximate surface area is 292 Å². The fraction of sp³-hybridized carbons (Fsp3) is 0.375. The van der Waals surface area contributed by atoms with E-state index in [1.807, 2.05) is 79.1 Å². The van der Waals surface area contributed by atoms with Gasteiger partial charge in [-0.05, 0) is 82.7 Å². The first-order valence-corrected chi connectivity index (χ1v) is 16.9. The van der Waals surface area contributed by atoms with Crippen LogP contribution in [0.3, 0.4) is 0 Å². The quantitative estimate of drug-likeness (QED) is 0.102. The zero-order valence-corrected chi connectivity index (χ0v) is 29.2. The van der Waals surface area contributed by atoms with Crippen molar-refractivity contribution in [3.63, 3.8) is 0 Å². The molecule has 4 aromatic rings. The fourth-order valence-electron chi connectivity index (χ4n) is 6.15. The van der Waals surface area contributed by atoms with Crippen LogP contribution >= 0.6 is 0 Å². The van der Waals surface area contributed by atoms with Crippen molar-refractivity contribution in [2.45, 2.75) is 96.6 Å². The summed E-state index contributed by atoms with van der Waals surface area (Å²) >= 11 is 0. The maximum Gasteiger partial charge on any atom is 0.329 e. The van der Waals surface area contributed by atoms with Crippen LogP contribution in [-0.2, 0) is 27.2 Å². The van der Waals surface area contributed by atoms with E-state index in [9.17, 15) is 29.0 Å². The number of benzene rings is 3. The summed E-state index contributed by atoms with van der Waals surface area (Å²) in [5.74, 6) is -2.70. The third-order valence-corrected chi connectivity index (χ3v) is 8.18. The van der Waals surface area contributed by atoms with Gasteiger partial charge >= 0.3 is 11.9 Å². The average molecular weight is 687 g/mol. The van der Waals surface area contributed by atoms with Crippen LogP contribution in [0.15, 0.2) is 84.9 Å². The van der Waals surface area contributed by atoms with Gasteiger partial charge in [0.25, 0.3) is 5.91 Å². The Bertz CT molecular complexity index is 1750. The summed E-state index contributed by atoms with van der Waals surface area (Å²) in [5.41, 5.74) is 3.58. The van der Waals surface area contributed by atoms with E-state index >= 15 is 0 Å². The lowest BCUT2D eigenvalue weighted by molar-refractivity contribution is -0.157. The first-order chi connectivity index (χ1) is 23.6. The fourth-order valence-corrected chi connectivity index (χ4v) is 6.15. The van der Waals surface area contributed by atoms with Crippen LogP contribution < -0.4 is 5.32 Å². The Hall–Kier alpha value is -4.80. The van der Waals surface area contributed by atoms with E-state index in [1.54, 1.807) is 32.9 Å². The van der Waals surface area contributed by atoms with Crippen LogP contribution in [-0.4, -0.2) is 61.6 Å². The van der Waals surface area contributed by atoms with Gasteiger partial charge in [-0.1, -0.05) is 72.8 Å². The lowest BCUT2D eigenvalue weighted by Crippen LogP contribution is -2.46. The largest absolute Gasteiger partial charge is 0.481 e. The van der Waals surface area contributed by atoms with Crippen molar-refractivity contribution in [1.82, 2.24) is 9.88 Å². The number of aromatic nitrogens is 1. The molecule has 9 nitrogen and oxygen atoms in total. The van der Waals surface area contributed by atoms with Gasteiger partial charge in [0.05, 0.1) is 18.6 Å². The van der Waals surface area contributed by atoms with Crippen molar-refractivity contribution in [2.75, 3.05) is 0 Å². The second-order valence-electron chi connectivity index (χ2n) is 13.8. The van der Waals surface area contributed by atoms with Crippen LogP contribution in [0.1, 0.15) is 81.7 Å². The third-order valence-electron chi connectivity index (χ3n) is 8.18. The number of nitrogens with zero attached hydrogens (tertiary/aromatic N) is 1. The summed E-state index contributed by atoms with van der Waals surface area (Å²) in [6.07, 6.45) is -2.34. The molecule has 10 heteroatoms. The molecule has 4 N–H and O–H groups in total. The van der Waals surface area contributed by atoms with Crippen molar-refractivity contribution >= 4 is 17.8 Å². The van der Waals surface area contributed by atoms with Crippen LogP contribution in [0.25, 0.3) is 22.3 Å². The topological polar surface area (TPSA) is 138 Å². The number of esters is 1. The molecule has 0 fully saturated rings. The van der Waals surface area contributed by atoms with Crippen molar-refractivity contribution in [2.24, 2.45) is 0 Å². The molecule has 0 unspecified atom stereocenters. The Morgan fingerprint density at radius 2 is 1.42 bits per heavy atom. The highest BCUT2D eigenvalue weighted by Crippen LogP contribution is 2.42. The minimum absolute atomic E-state index is 0.142. The number of rotatable bonds is 15. The molecular weight excluding hydrogens is 639 g/mol. The number of carboxylic acids is 1. The highest BCUT2D eigenvalue weighted by atomic mass is 19.1. The molecule has 3 atom stereocenters. The standard InChI is InChI=1S/C40H47FN2O7/c1-25(2)43-33(21-20-30(44)23-31(45)24-34(46)47)35(28-16-18-29(41)19-17-28)36(27-14-10-7-11-15-27)37(43)38(48)42-32(39(49)50-40(3,4)5)22-26-12-8-6-9-13-26/h6-19,25,30-32,44-45H,20-24H2,1-5H3,(H,42,48)(H,46,47)/t30-,31-,32-/m1/s1. The van der Waals surface area contributed by atoms with Gasteiger partial charge in [0, 0.05) is 29.3 Å². The van der Waals surface area contributed by atoms with Gasteiger partial charge in [0.2, 0.25) is 0 Å². The van der Waals surface area contributed by atoms with Gasteiger partial charge in [-0.25, -0.2) is 9.18 Å². The van der Waals surface area contributed by atoms with E-state index in [4.69, 9.17) is 9.84 Å². The molecule has 50 heavy (non-hydrogen) atoms. The number of hydrogen-bond acceptors (Lipinski definition) is 6. The number of carboxylic acid groups (broad SMARTS) is 1. The lowest BCUT2D eigenvalue weighted by atomic mass is 9.92. The first-order valence-electron chi connectivity index (χ1n) is 16.9. The van der Waals surface area contributed by atoms with Crippen LogP contribution in [0, 0.1) is 5.82 Å². The molecule has 4 rings (SSSR count). The predicted octanol–water partition coefficient (Wildman–Crippen LogP) is 6.74. The molecule has 0 saturated carbocycles. The molecule has 0 aliphatic carbocycles. The monoisotopic (exact) mass is 686 g/mol. The van der Waals surface area contributed by atoms with E-state index in [2.05, 4.69) is 5.32 Å². The molecule has 0 saturated heterocycles. The molecule has 1 heterocycles. The number of ether oxygens (including phenoxy) is 1. The zero-order chi connectivity index (χ0) is 36.6. The summed E-state index contributed by atoms with van der Waals surface area (Å²) in [7, 11) is 0. The van der Waals surface area contributed by atoms with Crippen LogP contribution in [0.5, 0.6) is 0 Å². The molecule has 266 valence electrons. The molecular formula is C40H47FN2O7. The van der Waals surface area contributed by atoms with E-state index in [0.717, 1.165) is 5.56 Å². The van der Waals surface area contributed by atoms with Crippen molar-refractivity contribution in [3.05, 3.63) is 108 Å². The third kappa shape index (κ3) is 10.1. The van der Waals surface area contributed by atoms with Gasteiger partial charge in [0.1, 0.15) is 23.2 Å². The lowest BCUT2D eigenvalue weighted by Gasteiger charge is -2.25. The summed E-state index contributed by atoms with van der Waals surface area (Å²) < 4.78 is 21.9. The van der Waals surface area contributed by atoms with E-state index < -0.39 is 53.9 Å². The van der Waals surface area contributed by atoms with E-state index in [-0.39, 0.29) is 37.4 Å². The van der Waals surface area contributed by atoms with Crippen molar-refractivity contribution < 1.29 is 38.8 Å². The van der Waals surface area contributed by atoms with Gasteiger partial charge in [-0.3, -0.25) is 9.59 Å². The summed E-state index contributed by atoms with van der Waals surface area (Å²) in [6.45, 7) is 9.14. The highest BCUT2D eigenvalue weighted by Gasteiger charge is 2.34. The first kappa shape index (κ1) is 38.0. The number of carbonyl (C=O) groups is 3. The Morgan fingerprint density at radius 3 is 1.98 bits per heavy atom. The highest BCUT2D eigenvalue weighted by molar-refractivity contribution is 6.06. The number of aliphatic hydroxyl groups excluding tert-OH is 2. The van der Waals surface area contributed by atoms with Crippen LogP contribution in [0.2, 0.25) is 0 Å². The number of hydrogen-bond donors (Lipinski definition) is 4. The molecule has 1 amide bonds. The van der Waals surface area contributed by atoms with Crippen LogP contribution in [0.4, 0.5) is 4.39 Å². The molecule has 3 aromatic carbocycles. The maximum absolute atomic E-state index is 14.7. The average Bonchev–Trinajstić information content (AvgIpc) is 3.39. The number of halogens is 1. The Morgan fingerprint density at radius 1 is 0.840 bits per heavy atom. The minimum Gasteiger partial charge on any atom is -0.481 e. The molecule has 0 spiro atoms. The molecule has 0 bridgehead atoms. The molecule has 1 aromatic heterocycles. The number of aliphatic carboxylic acids is 1. The van der Waals surface area contributed by atoms with E-state index in [1.165, 1.54) is 12.1 Å². The predicted molar refractivity (Wildman–Crippen MR) is 190 cm³/mol. The Kier molecular flexibility index (Phi) is 12.7. The number of carbonyl (C=O) groups excluding carboxylic acids is 2. The molecule has 0 aliphatic heterocycles. The number of aliphatic hydroxyl groups is 2. The van der Waals surface area contributed by atoms with Gasteiger partial charge < -0.3 is 29.9 Å². The minimum atomic E-state index is -1.23. The molecule has 0 radical (unpaired) electrons.